The predicted octanol–water partition coefficient (Wildman–Crippen LogP) is 1.52. The topological polar surface area (TPSA) is 51.4 Å². The Hall–Kier alpha value is -1.13. The van der Waals surface area contributed by atoms with Crippen LogP contribution in [0.2, 0.25) is 0 Å². The molecule has 0 bridgehead atoms. The second-order valence-corrected chi connectivity index (χ2v) is 4.80. The molecule has 0 aromatic carbocycles. The number of anilines is 1. The van der Waals surface area contributed by atoms with Gasteiger partial charge in [-0.25, -0.2) is 4.98 Å². The highest BCUT2D eigenvalue weighted by atomic mass is 16.5. The Kier molecular flexibility index (Phi) is 4.34. The normalized spacial score (nSPS) is 17.5. The number of nitrogen functional groups attached to an aromatic ring is 1. The number of hydrogen-bond acceptors (Lipinski definition) is 4. The van der Waals surface area contributed by atoms with Crippen LogP contribution in [0.5, 0.6) is 0 Å². The third-order valence-corrected chi connectivity index (χ3v) is 3.28. The summed E-state index contributed by atoms with van der Waals surface area (Å²) < 4.78 is 5.37. The molecule has 4 nitrogen and oxygen atoms in total. The summed E-state index contributed by atoms with van der Waals surface area (Å²) >= 11 is 0. The van der Waals surface area contributed by atoms with Crippen molar-refractivity contribution in [3.8, 4) is 0 Å². The van der Waals surface area contributed by atoms with Gasteiger partial charge in [0.25, 0.3) is 0 Å². The summed E-state index contributed by atoms with van der Waals surface area (Å²) in [6.07, 6.45) is 4.08. The van der Waals surface area contributed by atoms with Crippen molar-refractivity contribution in [2.45, 2.75) is 19.4 Å². The van der Waals surface area contributed by atoms with Crippen molar-refractivity contribution in [1.29, 1.82) is 0 Å². The third kappa shape index (κ3) is 3.68. The molecule has 17 heavy (non-hydrogen) atoms. The molecule has 0 spiro atoms. The Labute approximate surface area is 103 Å². The molecule has 0 amide bonds. The molecule has 0 aliphatic carbocycles. The molecule has 94 valence electrons. The molecular formula is C13H21N3O. The van der Waals surface area contributed by atoms with Crippen LogP contribution in [0.15, 0.2) is 18.3 Å². The summed E-state index contributed by atoms with van der Waals surface area (Å²) in [4.78, 5) is 6.43. The highest BCUT2D eigenvalue weighted by Crippen LogP contribution is 2.17. The molecule has 2 heterocycles. The van der Waals surface area contributed by atoms with E-state index >= 15 is 0 Å². The monoisotopic (exact) mass is 235 g/mol. The van der Waals surface area contributed by atoms with Gasteiger partial charge < -0.3 is 15.4 Å². The zero-order valence-electron chi connectivity index (χ0n) is 10.4. The van der Waals surface area contributed by atoms with E-state index in [9.17, 15) is 0 Å². The van der Waals surface area contributed by atoms with E-state index in [1.165, 1.54) is 12.8 Å². The second kappa shape index (κ2) is 5.98. The van der Waals surface area contributed by atoms with Gasteiger partial charge in [0.05, 0.1) is 0 Å². The van der Waals surface area contributed by atoms with Crippen molar-refractivity contribution in [3.63, 3.8) is 0 Å². The zero-order valence-corrected chi connectivity index (χ0v) is 10.4. The number of rotatable bonds is 4. The molecule has 0 saturated carbocycles. The number of nitrogens with zero attached hydrogens (tertiary/aromatic N) is 2. The van der Waals surface area contributed by atoms with Crippen molar-refractivity contribution >= 4 is 5.82 Å². The fourth-order valence-electron chi connectivity index (χ4n) is 2.31. The predicted molar refractivity (Wildman–Crippen MR) is 68.5 cm³/mol. The minimum absolute atomic E-state index is 0.645. The van der Waals surface area contributed by atoms with E-state index in [4.69, 9.17) is 10.5 Å². The van der Waals surface area contributed by atoms with Gasteiger partial charge in [-0.3, -0.25) is 0 Å². The maximum absolute atomic E-state index is 5.84. The lowest BCUT2D eigenvalue weighted by molar-refractivity contribution is 0.0550. The second-order valence-electron chi connectivity index (χ2n) is 4.80. The van der Waals surface area contributed by atoms with Gasteiger partial charge in [0.1, 0.15) is 5.82 Å². The fourth-order valence-corrected chi connectivity index (χ4v) is 2.31. The summed E-state index contributed by atoms with van der Waals surface area (Å²) in [6.45, 7) is 3.80. The number of ether oxygens (including phenoxy) is 1. The standard InChI is InChI=1S/C13H21N3O/c1-16(9-11-4-7-17-8-5-11)10-12-3-2-6-15-13(12)14/h2-3,6,11H,4-5,7-10H2,1H3,(H2,14,15). The van der Waals surface area contributed by atoms with Gasteiger partial charge in [-0.2, -0.15) is 0 Å². The van der Waals surface area contributed by atoms with Crippen molar-refractivity contribution in [1.82, 2.24) is 9.88 Å². The number of hydrogen-bond donors (Lipinski definition) is 1. The molecule has 0 unspecified atom stereocenters. The largest absolute Gasteiger partial charge is 0.383 e. The molecule has 1 aromatic heterocycles. The smallest absolute Gasteiger partial charge is 0.127 e. The van der Waals surface area contributed by atoms with Crippen LogP contribution < -0.4 is 5.73 Å². The van der Waals surface area contributed by atoms with Crippen molar-refractivity contribution in [2.75, 3.05) is 32.5 Å². The van der Waals surface area contributed by atoms with Crippen molar-refractivity contribution < 1.29 is 4.74 Å². The minimum Gasteiger partial charge on any atom is -0.383 e. The molecule has 0 radical (unpaired) electrons. The highest BCUT2D eigenvalue weighted by molar-refractivity contribution is 5.38. The van der Waals surface area contributed by atoms with Crippen molar-refractivity contribution in [3.05, 3.63) is 23.9 Å². The summed E-state index contributed by atoms with van der Waals surface area (Å²) in [5.74, 6) is 1.40. The van der Waals surface area contributed by atoms with Gasteiger partial charge in [0.2, 0.25) is 0 Å². The molecule has 1 saturated heterocycles. The van der Waals surface area contributed by atoms with Crippen LogP contribution >= 0.6 is 0 Å². The van der Waals surface area contributed by atoms with E-state index in [-0.39, 0.29) is 0 Å². The number of aromatic nitrogens is 1. The van der Waals surface area contributed by atoms with E-state index in [1.54, 1.807) is 6.20 Å². The lowest BCUT2D eigenvalue weighted by Crippen LogP contribution is -2.29. The van der Waals surface area contributed by atoms with Crippen molar-refractivity contribution in [2.24, 2.45) is 5.92 Å². The summed E-state index contributed by atoms with van der Waals surface area (Å²) in [5.41, 5.74) is 6.96. The van der Waals surface area contributed by atoms with E-state index in [0.29, 0.717) is 5.82 Å². The van der Waals surface area contributed by atoms with Gasteiger partial charge in [0.15, 0.2) is 0 Å². The van der Waals surface area contributed by atoms with E-state index in [1.807, 2.05) is 12.1 Å². The maximum Gasteiger partial charge on any atom is 0.127 e. The van der Waals surface area contributed by atoms with Crippen LogP contribution in [0, 0.1) is 5.92 Å². The Balaban J connectivity index is 1.84. The molecule has 4 heteroatoms. The van der Waals surface area contributed by atoms with Crippen LogP contribution in [0.3, 0.4) is 0 Å². The maximum atomic E-state index is 5.84. The minimum atomic E-state index is 0.645. The van der Waals surface area contributed by atoms with Gasteiger partial charge in [0, 0.05) is 38.1 Å². The quantitative estimate of drug-likeness (QED) is 0.859. The molecule has 0 atom stereocenters. The Morgan fingerprint density at radius 1 is 1.47 bits per heavy atom. The van der Waals surface area contributed by atoms with Crippen LogP contribution in [-0.4, -0.2) is 36.7 Å². The van der Waals surface area contributed by atoms with Crippen LogP contribution in [0.25, 0.3) is 0 Å². The Bertz CT molecular complexity index is 350. The molecule has 2 rings (SSSR count). The molecule has 1 aliphatic rings. The zero-order chi connectivity index (χ0) is 12.1. The lowest BCUT2D eigenvalue weighted by atomic mass is 10.00. The first-order valence-electron chi connectivity index (χ1n) is 6.21. The van der Waals surface area contributed by atoms with Gasteiger partial charge >= 0.3 is 0 Å². The van der Waals surface area contributed by atoms with E-state index in [0.717, 1.165) is 37.8 Å². The van der Waals surface area contributed by atoms with Crippen LogP contribution in [-0.2, 0) is 11.3 Å². The summed E-state index contributed by atoms with van der Waals surface area (Å²) in [6, 6.07) is 3.98. The molecular weight excluding hydrogens is 214 g/mol. The molecule has 1 fully saturated rings. The first kappa shape index (κ1) is 12.3. The van der Waals surface area contributed by atoms with Crippen LogP contribution in [0.4, 0.5) is 5.82 Å². The first-order chi connectivity index (χ1) is 8.25. The molecule has 1 aliphatic heterocycles. The van der Waals surface area contributed by atoms with E-state index in [2.05, 4.69) is 16.9 Å². The average molecular weight is 235 g/mol. The average Bonchev–Trinajstić information content (AvgIpc) is 2.33. The summed E-state index contributed by atoms with van der Waals surface area (Å²) in [5, 5.41) is 0. The van der Waals surface area contributed by atoms with Gasteiger partial charge in [-0.15, -0.1) is 0 Å². The molecule has 2 N–H and O–H groups in total. The third-order valence-electron chi connectivity index (χ3n) is 3.28. The Morgan fingerprint density at radius 2 is 2.24 bits per heavy atom. The molecule has 1 aromatic rings. The van der Waals surface area contributed by atoms with Gasteiger partial charge in [-0.1, -0.05) is 6.07 Å². The fraction of sp³-hybridized carbons (Fsp3) is 0.615. The van der Waals surface area contributed by atoms with Crippen LogP contribution in [0.1, 0.15) is 18.4 Å². The number of pyridine rings is 1. The highest BCUT2D eigenvalue weighted by Gasteiger charge is 2.16. The first-order valence-corrected chi connectivity index (χ1v) is 6.21. The SMILES string of the molecule is CN(Cc1cccnc1N)CC1CCOCC1. The van der Waals surface area contributed by atoms with Gasteiger partial charge in [-0.05, 0) is 31.9 Å². The summed E-state index contributed by atoms with van der Waals surface area (Å²) in [7, 11) is 2.14. The number of nitrogens with two attached hydrogens (primary N) is 1. The Morgan fingerprint density at radius 3 is 2.94 bits per heavy atom. The lowest BCUT2D eigenvalue weighted by Gasteiger charge is -2.27. The van der Waals surface area contributed by atoms with E-state index < -0.39 is 0 Å².